The molecule has 2 aromatic rings. The first kappa shape index (κ1) is 19.7. The van der Waals surface area contributed by atoms with E-state index in [1.54, 1.807) is 30.3 Å². The molecule has 6 nitrogen and oxygen atoms in total. The number of halogens is 1. The molecule has 2 aromatic carbocycles. The Morgan fingerprint density at radius 1 is 1.00 bits per heavy atom. The van der Waals surface area contributed by atoms with Crippen LogP contribution in [0.1, 0.15) is 13.8 Å². The standard InChI is InChI=1S/C21H24FN3O3/c1-15(2)28-19-6-4-3-5-18(19)23-20(26)21(27)25-13-11-24(12-14-25)17-9-7-16(22)8-10-17/h3-10,15H,11-14H2,1-2H3,(H,23,26). The first-order valence-corrected chi connectivity index (χ1v) is 9.30. The summed E-state index contributed by atoms with van der Waals surface area (Å²) in [6, 6.07) is 13.3. The van der Waals surface area contributed by atoms with Gasteiger partial charge in [-0.3, -0.25) is 9.59 Å². The molecule has 0 saturated carbocycles. The van der Waals surface area contributed by atoms with Crippen LogP contribution in [0.2, 0.25) is 0 Å². The molecule has 0 atom stereocenters. The number of rotatable bonds is 4. The van der Waals surface area contributed by atoms with Crippen molar-refractivity contribution in [3.05, 3.63) is 54.3 Å². The summed E-state index contributed by atoms with van der Waals surface area (Å²) in [6.45, 7) is 5.80. The van der Waals surface area contributed by atoms with Gasteiger partial charge in [-0.15, -0.1) is 0 Å². The van der Waals surface area contributed by atoms with E-state index >= 15 is 0 Å². The second-order valence-corrected chi connectivity index (χ2v) is 6.87. The van der Waals surface area contributed by atoms with E-state index in [-0.39, 0.29) is 11.9 Å². The van der Waals surface area contributed by atoms with Crippen molar-refractivity contribution in [2.24, 2.45) is 0 Å². The lowest BCUT2D eigenvalue weighted by Gasteiger charge is -2.35. The van der Waals surface area contributed by atoms with Crippen LogP contribution in [-0.2, 0) is 9.59 Å². The van der Waals surface area contributed by atoms with Gasteiger partial charge in [0, 0.05) is 31.9 Å². The van der Waals surface area contributed by atoms with Crippen LogP contribution >= 0.6 is 0 Å². The molecule has 0 bridgehead atoms. The normalized spacial score (nSPS) is 14.1. The van der Waals surface area contributed by atoms with Crippen LogP contribution < -0.4 is 15.0 Å². The summed E-state index contributed by atoms with van der Waals surface area (Å²) in [5.74, 6) is -1.01. The van der Waals surface area contributed by atoms with Crippen LogP contribution in [0.15, 0.2) is 48.5 Å². The van der Waals surface area contributed by atoms with E-state index in [9.17, 15) is 14.0 Å². The minimum Gasteiger partial charge on any atom is -0.489 e. The lowest BCUT2D eigenvalue weighted by Crippen LogP contribution is -2.51. The summed E-state index contributed by atoms with van der Waals surface area (Å²) in [5.41, 5.74) is 1.37. The van der Waals surface area contributed by atoms with Gasteiger partial charge in [0.05, 0.1) is 11.8 Å². The number of piperazine rings is 1. The minimum atomic E-state index is -0.685. The molecular formula is C21H24FN3O3. The summed E-state index contributed by atoms with van der Waals surface area (Å²) < 4.78 is 18.7. The highest BCUT2D eigenvalue weighted by Gasteiger charge is 2.26. The molecule has 3 rings (SSSR count). The molecule has 0 spiro atoms. The Hall–Kier alpha value is -3.09. The van der Waals surface area contributed by atoms with Gasteiger partial charge in [0.1, 0.15) is 11.6 Å². The van der Waals surface area contributed by atoms with E-state index in [0.29, 0.717) is 37.6 Å². The molecule has 1 heterocycles. The van der Waals surface area contributed by atoms with E-state index in [1.807, 2.05) is 19.9 Å². The second kappa shape index (κ2) is 8.73. The summed E-state index contributed by atoms with van der Waals surface area (Å²) in [7, 11) is 0. The molecule has 0 unspecified atom stereocenters. The lowest BCUT2D eigenvalue weighted by molar-refractivity contribution is -0.143. The number of anilines is 2. The van der Waals surface area contributed by atoms with Gasteiger partial charge in [-0.05, 0) is 50.2 Å². The van der Waals surface area contributed by atoms with Gasteiger partial charge in [0.2, 0.25) is 0 Å². The van der Waals surface area contributed by atoms with E-state index in [1.165, 1.54) is 17.0 Å². The van der Waals surface area contributed by atoms with E-state index < -0.39 is 11.8 Å². The summed E-state index contributed by atoms with van der Waals surface area (Å²) in [4.78, 5) is 28.5. The molecule has 1 N–H and O–H groups in total. The van der Waals surface area contributed by atoms with E-state index in [2.05, 4.69) is 10.2 Å². The Labute approximate surface area is 163 Å². The predicted molar refractivity (Wildman–Crippen MR) is 106 cm³/mol. The Morgan fingerprint density at radius 3 is 2.29 bits per heavy atom. The van der Waals surface area contributed by atoms with Crippen molar-refractivity contribution >= 4 is 23.2 Å². The van der Waals surface area contributed by atoms with E-state index in [0.717, 1.165) is 5.69 Å². The fraction of sp³-hybridized carbons (Fsp3) is 0.333. The third-order valence-electron chi connectivity index (χ3n) is 4.45. The zero-order valence-corrected chi connectivity index (χ0v) is 16.0. The van der Waals surface area contributed by atoms with Crippen LogP contribution in [0.4, 0.5) is 15.8 Å². The number of nitrogens with one attached hydrogen (secondary N) is 1. The molecule has 0 aliphatic carbocycles. The fourth-order valence-corrected chi connectivity index (χ4v) is 3.07. The van der Waals surface area contributed by atoms with Gasteiger partial charge in [-0.25, -0.2) is 4.39 Å². The number of nitrogens with zero attached hydrogens (tertiary/aromatic N) is 2. The van der Waals surface area contributed by atoms with Gasteiger partial charge < -0.3 is 19.9 Å². The van der Waals surface area contributed by atoms with Crippen LogP contribution in [-0.4, -0.2) is 49.0 Å². The van der Waals surface area contributed by atoms with Gasteiger partial charge >= 0.3 is 11.8 Å². The number of amides is 2. The summed E-state index contributed by atoms with van der Waals surface area (Å²) in [6.07, 6.45) is -0.0479. The molecular weight excluding hydrogens is 361 g/mol. The monoisotopic (exact) mass is 385 g/mol. The van der Waals surface area contributed by atoms with Crippen molar-refractivity contribution in [2.75, 3.05) is 36.4 Å². The Morgan fingerprint density at radius 2 is 1.64 bits per heavy atom. The molecule has 28 heavy (non-hydrogen) atoms. The third kappa shape index (κ3) is 4.79. The van der Waals surface area contributed by atoms with Gasteiger partial charge in [-0.1, -0.05) is 12.1 Å². The van der Waals surface area contributed by atoms with Crippen molar-refractivity contribution in [3.8, 4) is 5.75 Å². The Kier molecular flexibility index (Phi) is 6.13. The topological polar surface area (TPSA) is 61.9 Å². The van der Waals surface area contributed by atoms with Gasteiger partial charge in [0.25, 0.3) is 0 Å². The van der Waals surface area contributed by atoms with Crippen molar-refractivity contribution < 1.29 is 18.7 Å². The maximum absolute atomic E-state index is 13.1. The average Bonchev–Trinajstić information content (AvgIpc) is 2.69. The minimum absolute atomic E-state index is 0.0479. The molecule has 2 amide bonds. The number of hydrogen-bond acceptors (Lipinski definition) is 4. The zero-order chi connectivity index (χ0) is 20.1. The maximum Gasteiger partial charge on any atom is 0.314 e. The smallest absolute Gasteiger partial charge is 0.314 e. The molecule has 1 fully saturated rings. The van der Waals surface area contributed by atoms with Crippen LogP contribution in [0.25, 0.3) is 0 Å². The average molecular weight is 385 g/mol. The molecule has 1 saturated heterocycles. The van der Waals surface area contributed by atoms with Crippen molar-refractivity contribution in [3.63, 3.8) is 0 Å². The number of para-hydroxylation sites is 2. The SMILES string of the molecule is CC(C)Oc1ccccc1NC(=O)C(=O)N1CCN(c2ccc(F)cc2)CC1. The van der Waals surface area contributed by atoms with Crippen LogP contribution in [0, 0.1) is 5.82 Å². The summed E-state index contributed by atoms with van der Waals surface area (Å²) >= 11 is 0. The number of hydrogen-bond donors (Lipinski definition) is 1. The first-order chi connectivity index (χ1) is 13.4. The highest BCUT2D eigenvalue weighted by atomic mass is 19.1. The molecule has 0 radical (unpaired) electrons. The quantitative estimate of drug-likeness (QED) is 0.822. The molecule has 7 heteroatoms. The summed E-state index contributed by atoms with van der Waals surface area (Å²) in [5, 5.41) is 2.65. The van der Waals surface area contributed by atoms with Crippen molar-refractivity contribution in [2.45, 2.75) is 20.0 Å². The number of benzene rings is 2. The molecule has 0 aromatic heterocycles. The number of carbonyl (C=O) groups excluding carboxylic acids is 2. The van der Waals surface area contributed by atoms with Crippen LogP contribution in [0.5, 0.6) is 5.75 Å². The zero-order valence-electron chi connectivity index (χ0n) is 16.0. The Balaban J connectivity index is 1.58. The molecule has 148 valence electrons. The van der Waals surface area contributed by atoms with Gasteiger partial charge in [0.15, 0.2) is 0 Å². The fourth-order valence-electron chi connectivity index (χ4n) is 3.07. The third-order valence-corrected chi connectivity index (χ3v) is 4.45. The number of ether oxygens (including phenoxy) is 1. The van der Waals surface area contributed by atoms with Gasteiger partial charge in [-0.2, -0.15) is 0 Å². The first-order valence-electron chi connectivity index (χ1n) is 9.30. The maximum atomic E-state index is 13.1. The predicted octanol–water partition coefficient (Wildman–Crippen LogP) is 2.90. The van der Waals surface area contributed by atoms with Crippen molar-refractivity contribution in [1.29, 1.82) is 0 Å². The van der Waals surface area contributed by atoms with E-state index in [4.69, 9.17) is 4.74 Å². The number of carbonyl (C=O) groups is 2. The highest BCUT2D eigenvalue weighted by molar-refractivity contribution is 6.39. The van der Waals surface area contributed by atoms with Crippen molar-refractivity contribution in [1.82, 2.24) is 4.90 Å². The second-order valence-electron chi connectivity index (χ2n) is 6.87. The lowest BCUT2D eigenvalue weighted by atomic mass is 10.2. The highest BCUT2D eigenvalue weighted by Crippen LogP contribution is 2.25. The largest absolute Gasteiger partial charge is 0.489 e. The van der Waals surface area contributed by atoms with Crippen LogP contribution in [0.3, 0.4) is 0 Å². The Bertz CT molecular complexity index is 831. The molecule has 1 aliphatic heterocycles. The molecule has 1 aliphatic rings.